The molecule has 3 aromatic rings. The maximum atomic E-state index is 11.7. The zero-order valence-electron chi connectivity index (χ0n) is 21.1. The van der Waals surface area contributed by atoms with E-state index in [0.717, 1.165) is 16.5 Å². The molecule has 5 heteroatoms. The van der Waals surface area contributed by atoms with Crippen LogP contribution in [-0.2, 0) is 19.5 Å². The largest absolute Gasteiger partial charge is 3.00 e. The summed E-state index contributed by atoms with van der Waals surface area (Å²) in [6.07, 6.45) is -0.804. The van der Waals surface area contributed by atoms with Gasteiger partial charge < -0.3 is 27.6 Å². The Hall–Kier alpha value is -1.45. The van der Waals surface area contributed by atoms with Crippen molar-refractivity contribution in [2.45, 2.75) is 67.5 Å². The van der Waals surface area contributed by atoms with Crippen molar-refractivity contribution in [1.29, 1.82) is 0 Å². The zero-order chi connectivity index (χ0) is 23.1. The quantitative estimate of drug-likeness (QED) is 0.438. The van der Waals surface area contributed by atoms with Gasteiger partial charge in [-0.15, -0.1) is 12.1 Å². The molecule has 181 valence electrons. The summed E-state index contributed by atoms with van der Waals surface area (Å²) in [6, 6.07) is 14.1. The van der Waals surface area contributed by atoms with Crippen LogP contribution in [0.2, 0.25) is 0 Å². The van der Waals surface area contributed by atoms with E-state index in [2.05, 4.69) is 46.9 Å². The average Bonchev–Trinajstić information content (AvgIpc) is 2.77. The van der Waals surface area contributed by atoms with Gasteiger partial charge in [-0.2, -0.15) is 6.54 Å². The van der Waals surface area contributed by atoms with Crippen molar-refractivity contribution in [3.63, 3.8) is 0 Å². The van der Waals surface area contributed by atoms with Crippen LogP contribution < -0.4 is 22.3 Å². The molecule has 0 unspecified atom stereocenters. The minimum absolute atomic E-state index is 0. The molecular weight excluding hydrogens is 519 g/mol. The Balaban J connectivity index is 0.000000640. The molecule has 0 N–H and O–H groups in total. The summed E-state index contributed by atoms with van der Waals surface area (Å²) in [4.78, 5) is 0. The molecule has 33 heavy (non-hydrogen) atoms. The minimum Gasteiger partial charge on any atom is -1.00 e. The molecular formula is C28H37ClNO2Ru. The molecule has 0 heterocycles. The number of fused-ring (bicyclic) bond motifs is 1. The third-order valence-electron chi connectivity index (χ3n) is 6.22. The van der Waals surface area contributed by atoms with E-state index in [0.29, 0.717) is 6.54 Å². The first-order valence-corrected chi connectivity index (χ1v) is 11.1. The Morgan fingerprint density at radius 1 is 0.758 bits per heavy atom. The molecule has 0 fully saturated rings. The van der Waals surface area contributed by atoms with Gasteiger partial charge in [0.15, 0.2) is 0 Å². The van der Waals surface area contributed by atoms with Gasteiger partial charge in [-0.05, 0) is 86.4 Å². The molecule has 0 aliphatic carbocycles. The summed E-state index contributed by atoms with van der Waals surface area (Å²) >= 11 is 0. The Morgan fingerprint density at radius 2 is 1.21 bits per heavy atom. The molecule has 0 saturated heterocycles. The van der Waals surface area contributed by atoms with Crippen LogP contribution in [0.25, 0.3) is 16.1 Å². The normalized spacial score (nSPS) is 11.2. The van der Waals surface area contributed by atoms with Gasteiger partial charge in [0.1, 0.15) is 5.75 Å². The minimum atomic E-state index is -0.804. The smallest absolute Gasteiger partial charge is 1.00 e. The molecule has 3 nitrogen and oxygen atoms in total. The third-order valence-corrected chi connectivity index (χ3v) is 6.22. The Kier molecular flexibility index (Phi) is 14.1. The maximum Gasteiger partial charge on any atom is 3.00 e. The van der Waals surface area contributed by atoms with E-state index >= 15 is 0 Å². The first-order valence-electron chi connectivity index (χ1n) is 11.1. The monoisotopic (exact) mass is 556 g/mol. The fourth-order valence-corrected chi connectivity index (χ4v) is 3.57. The van der Waals surface area contributed by atoms with Gasteiger partial charge in [-0.1, -0.05) is 50.2 Å². The van der Waals surface area contributed by atoms with Crippen molar-refractivity contribution in [2.75, 3.05) is 13.2 Å². The Labute approximate surface area is 219 Å². The Bertz CT molecular complexity index is 910. The first-order chi connectivity index (χ1) is 14.6. The topological polar surface area (TPSA) is 46.4 Å². The molecule has 3 aromatic carbocycles. The molecule has 0 saturated carbocycles. The fraction of sp³-hybridized carbons (Fsp3) is 0.429. The standard InChI is InChI=1S/C16H19NO2.C12H18.ClH.Ru/c1-12(2)17-10-14(18)11-19-16-9-5-7-13-6-3-4-8-15(13)16;1-7-8(2)10(4)12(6)11(5)9(7)3;;/h3-9,12,14H,10-11H2,1-2H3;1-6H3;1H;/q-2;;;+3/p-1/t14-;;;/m1.../s1. The van der Waals surface area contributed by atoms with Gasteiger partial charge in [0.25, 0.3) is 0 Å². The average molecular weight is 556 g/mol. The van der Waals surface area contributed by atoms with E-state index in [-0.39, 0.29) is 44.5 Å². The summed E-state index contributed by atoms with van der Waals surface area (Å²) in [5.74, 6) is 0.767. The van der Waals surface area contributed by atoms with Crippen molar-refractivity contribution in [1.82, 2.24) is 0 Å². The van der Waals surface area contributed by atoms with E-state index in [1.165, 1.54) is 33.4 Å². The number of hydrogen-bond donors (Lipinski definition) is 0. The van der Waals surface area contributed by atoms with Crippen LogP contribution in [0.15, 0.2) is 42.5 Å². The van der Waals surface area contributed by atoms with E-state index < -0.39 is 6.10 Å². The molecule has 1 atom stereocenters. The van der Waals surface area contributed by atoms with Gasteiger partial charge in [-0.3, -0.25) is 0 Å². The van der Waals surface area contributed by atoms with Crippen molar-refractivity contribution < 1.29 is 41.7 Å². The number of halogens is 1. The van der Waals surface area contributed by atoms with Crippen molar-refractivity contribution in [3.05, 3.63) is 81.2 Å². The Morgan fingerprint density at radius 3 is 1.70 bits per heavy atom. The zero-order valence-corrected chi connectivity index (χ0v) is 23.6. The summed E-state index contributed by atoms with van der Waals surface area (Å²) in [7, 11) is 0. The third kappa shape index (κ3) is 8.69. The summed E-state index contributed by atoms with van der Waals surface area (Å²) < 4.78 is 5.64. The van der Waals surface area contributed by atoms with E-state index in [1.54, 1.807) is 0 Å². The molecule has 1 radical (unpaired) electrons. The number of hydrogen-bond acceptors (Lipinski definition) is 2. The van der Waals surface area contributed by atoms with Gasteiger partial charge in [0.2, 0.25) is 0 Å². The second kappa shape index (κ2) is 14.7. The second-order valence-corrected chi connectivity index (χ2v) is 8.62. The van der Waals surface area contributed by atoms with Crippen molar-refractivity contribution in [3.8, 4) is 5.75 Å². The van der Waals surface area contributed by atoms with Crippen molar-refractivity contribution in [2.24, 2.45) is 0 Å². The first kappa shape index (κ1) is 31.6. The molecule has 0 aromatic heterocycles. The van der Waals surface area contributed by atoms with Crippen LogP contribution in [-0.4, -0.2) is 25.3 Å². The summed E-state index contributed by atoms with van der Waals surface area (Å²) in [5.41, 5.74) is 8.73. The number of rotatable bonds is 6. The van der Waals surface area contributed by atoms with Crippen LogP contribution in [0.4, 0.5) is 0 Å². The van der Waals surface area contributed by atoms with E-state index in [9.17, 15) is 5.11 Å². The molecule has 3 rings (SSSR count). The summed E-state index contributed by atoms with van der Waals surface area (Å²) in [5, 5.41) is 18.1. The van der Waals surface area contributed by atoms with Crippen LogP contribution in [0.1, 0.15) is 47.2 Å². The molecule has 0 amide bonds. The number of nitrogens with zero attached hydrogens (tertiary/aromatic N) is 1. The van der Waals surface area contributed by atoms with Gasteiger partial charge in [0.05, 0.1) is 6.61 Å². The van der Waals surface area contributed by atoms with Crippen LogP contribution in [0.3, 0.4) is 0 Å². The van der Waals surface area contributed by atoms with Crippen molar-refractivity contribution >= 4 is 10.8 Å². The van der Waals surface area contributed by atoms with Gasteiger partial charge >= 0.3 is 19.5 Å². The SMILES string of the molecule is CC(C)[N-]C[C@@H]([O-])COc1cccc2ccccc12.Cc1c(C)c(C)c(C)c(C)c1C.[Cl-].[Ru+3]. The number of ether oxygens (including phenoxy) is 1. The molecule has 0 aliphatic heterocycles. The predicted molar refractivity (Wildman–Crippen MR) is 131 cm³/mol. The fourth-order valence-electron chi connectivity index (χ4n) is 3.57. The predicted octanol–water partition coefficient (Wildman–Crippen LogP) is 3.27. The molecule has 0 spiro atoms. The summed E-state index contributed by atoms with van der Waals surface area (Å²) in [6.45, 7) is 17.7. The van der Waals surface area contributed by atoms with Gasteiger partial charge in [-0.25, -0.2) is 0 Å². The molecule has 0 aliphatic rings. The van der Waals surface area contributed by atoms with Crippen LogP contribution in [0.5, 0.6) is 5.75 Å². The van der Waals surface area contributed by atoms with E-state index in [1.807, 2.05) is 56.3 Å². The second-order valence-electron chi connectivity index (χ2n) is 8.62. The molecule has 0 bridgehead atoms. The maximum absolute atomic E-state index is 11.7. The van der Waals surface area contributed by atoms with Gasteiger partial charge in [0, 0.05) is 5.39 Å². The number of benzene rings is 3. The van der Waals surface area contributed by atoms with Crippen LogP contribution in [0, 0.1) is 41.5 Å². The van der Waals surface area contributed by atoms with Crippen LogP contribution >= 0.6 is 0 Å². The van der Waals surface area contributed by atoms with E-state index in [4.69, 9.17) is 4.74 Å².